The molecular formula is C15H13ClFNO. The molecule has 1 heterocycles. The van der Waals surface area contributed by atoms with Crippen molar-refractivity contribution in [3.05, 3.63) is 52.8 Å². The number of fused-ring (bicyclic) bond motifs is 1. The molecule has 1 aliphatic rings. The molecule has 3 rings (SSSR count). The van der Waals surface area contributed by atoms with E-state index in [0.29, 0.717) is 29.3 Å². The molecule has 0 amide bonds. The van der Waals surface area contributed by atoms with Crippen LogP contribution in [0.3, 0.4) is 0 Å². The van der Waals surface area contributed by atoms with E-state index in [-0.39, 0.29) is 11.9 Å². The van der Waals surface area contributed by atoms with Crippen LogP contribution in [0, 0.1) is 5.82 Å². The Morgan fingerprint density at radius 2 is 2.05 bits per heavy atom. The van der Waals surface area contributed by atoms with Crippen molar-refractivity contribution >= 4 is 11.6 Å². The lowest BCUT2D eigenvalue weighted by atomic mass is 10.00. The van der Waals surface area contributed by atoms with E-state index in [9.17, 15) is 4.39 Å². The van der Waals surface area contributed by atoms with Crippen molar-refractivity contribution in [2.45, 2.75) is 12.5 Å². The van der Waals surface area contributed by atoms with E-state index < -0.39 is 0 Å². The van der Waals surface area contributed by atoms with Crippen molar-refractivity contribution in [3.63, 3.8) is 0 Å². The van der Waals surface area contributed by atoms with Crippen LogP contribution in [0.5, 0.6) is 5.75 Å². The number of hydrogen-bond acceptors (Lipinski definition) is 2. The Morgan fingerprint density at radius 1 is 1.26 bits per heavy atom. The summed E-state index contributed by atoms with van der Waals surface area (Å²) in [6.07, 6.45) is 0.555. The third-order valence-corrected chi connectivity index (χ3v) is 3.62. The van der Waals surface area contributed by atoms with E-state index in [1.807, 2.05) is 18.2 Å². The third-order valence-electron chi connectivity index (χ3n) is 3.29. The van der Waals surface area contributed by atoms with E-state index >= 15 is 0 Å². The Labute approximate surface area is 115 Å². The zero-order valence-electron chi connectivity index (χ0n) is 10.2. The minimum atomic E-state index is -0.282. The summed E-state index contributed by atoms with van der Waals surface area (Å²) in [6, 6.07) is 10.3. The molecule has 0 radical (unpaired) electrons. The van der Waals surface area contributed by atoms with Crippen molar-refractivity contribution in [1.29, 1.82) is 0 Å². The predicted octanol–water partition coefficient (Wildman–Crippen LogP) is 3.41. The van der Waals surface area contributed by atoms with E-state index in [1.165, 1.54) is 12.1 Å². The van der Waals surface area contributed by atoms with Crippen LogP contribution >= 0.6 is 11.6 Å². The van der Waals surface area contributed by atoms with Gasteiger partial charge in [-0.2, -0.15) is 0 Å². The Bertz CT molecular complexity index is 630. The van der Waals surface area contributed by atoms with Gasteiger partial charge in [-0.25, -0.2) is 4.39 Å². The van der Waals surface area contributed by atoms with Gasteiger partial charge in [-0.1, -0.05) is 29.8 Å². The molecule has 2 nitrogen and oxygen atoms in total. The second kappa shape index (κ2) is 4.83. The molecule has 0 saturated carbocycles. The van der Waals surface area contributed by atoms with Gasteiger partial charge in [0.15, 0.2) is 0 Å². The first-order chi connectivity index (χ1) is 9.19. The average Bonchev–Trinajstić information content (AvgIpc) is 2.81. The summed E-state index contributed by atoms with van der Waals surface area (Å²) in [6.45, 7) is 0.415. The summed E-state index contributed by atoms with van der Waals surface area (Å²) in [5, 5.41) is 0.579. The largest absolute Gasteiger partial charge is 0.488 e. The second-order valence-corrected chi connectivity index (χ2v) is 5.01. The van der Waals surface area contributed by atoms with Crippen LogP contribution in [-0.4, -0.2) is 12.6 Å². The minimum absolute atomic E-state index is 0.0852. The van der Waals surface area contributed by atoms with E-state index in [4.69, 9.17) is 22.1 Å². The van der Waals surface area contributed by atoms with Crippen LogP contribution in [0.4, 0.5) is 4.39 Å². The Hall–Kier alpha value is -1.58. The lowest BCUT2D eigenvalue weighted by Crippen LogP contribution is -2.24. The maximum Gasteiger partial charge on any atom is 0.131 e. The van der Waals surface area contributed by atoms with Crippen LogP contribution in [0.15, 0.2) is 36.4 Å². The molecule has 2 N–H and O–H groups in total. The molecular weight excluding hydrogens is 265 g/mol. The van der Waals surface area contributed by atoms with Gasteiger partial charge in [-0.3, -0.25) is 0 Å². The molecule has 0 aromatic heterocycles. The highest BCUT2D eigenvalue weighted by atomic mass is 35.5. The molecule has 98 valence electrons. The molecule has 0 saturated heterocycles. The van der Waals surface area contributed by atoms with Crippen molar-refractivity contribution in [2.24, 2.45) is 5.73 Å². The fraction of sp³-hybridized carbons (Fsp3) is 0.200. The van der Waals surface area contributed by atoms with E-state index in [0.717, 1.165) is 11.1 Å². The Balaban J connectivity index is 2.16. The second-order valence-electron chi connectivity index (χ2n) is 4.60. The molecule has 2 aromatic rings. The van der Waals surface area contributed by atoms with Gasteiger partial charge in [0.05, 0.1) is 0 Å². The zero-order chi connectivity index (χ0) is 13.4. The summed E-state index contributed by atoms with van der Waals surface area (Å²) < 4.78 is 19.5. The van der Waals surface area contributed by atoms with Crippen LogP contribution in [0.25, 0.3) is 11.1 Å². The van der Waals surface area contributed by atoms with Crippen LogP contribution in [0.2, 0.25) is 5.02 Å². The standard InChI is InChI=1S/C15H13ClFNO/c16-14-4-2-1-3-12(14)13-7-10(17)5-9-6-11(8-18)19-15(9)13/h1-5,7,11H,6,8,18H2/t11-/m1/s1. The van der Waals surface area contributed by atoms with Gasteiger partial charge in [0.2, 0.25) is 0 Å². The monoisotopic (exact) mass is 277 g/mol. The quantitative estimate of drug-likeness (QED) is 0.913. The number of halogens is 2. The molecule has 0 unspecified atom stereocenters. The normalized spacial score (nSPS) is 17.1. The summed E-state index contributed by atoms with van der Waals surface area (Å²) >= 11 is 6.18. The van der Waals surface area contributed by atoms with Crippen LogP contribution < -0.4 is 10.5 Å². The number of ether oxygens (including phenoxy) is 1. The maximum atomic E-state index is 13.7. The lowest BCUT2D eigenvalue weighted by molar-refractivity contribution is 0.242. The van der Waals surface area contributed by atoms with Gasteiger partial charge < -0.3 is 10.5 Å². The highest BCUT2D eigenvalue weighted by molar-refractivity contribution is 6.33. The molecule has 0 bridgehead atoms. The number of benzene rings is 2. The summed E-state index contributed by atoms with van der Waals surface area (Å²) in [5.74, 6) is 0.417. The fourth-order valence-electron chi connectivity index (χ4n) is 2.41. The summed E-state index contributed by atoms with van der Waals surface area (Å²) in [5.41, 5.74) is 7.94. The zero-order valence-corrected chi connectivity index (χ0v) is 11.0. The molecule has 1 atom stereocenters. The maximum absolute atomic E-state index is 13.7. The first kappa shape index (κ1) is 12.5. The number of rotatable bonds is 2. The van der Waals surface area contributed by atoms with Crippen molar-refractivity contribution < 1.29 is 9.13 Å². The Kier molecular flexibility index (Phi) is 3.17. The predicted molar refractivity (Wildman–Crippen MR) is 74.0 cm³/mol. The first-order valence-corrected chi connectivity index (χ1v) is 6.51. The lowest BCUT2D eigenvalue weighted by Gasteiger charge is -2.12. The summed E-state index contributed by atoms with van der Waals surface area (Å²) in [7, 11) is 0. The van der Waals surface area contributed by atoms with Crippen molar-refractivity contribution in [2.75, 3.05) is 6.54 Å². The molecule has 19 heavy (non-hydrogen) atoms. The molecule has 1 aliphatic heterocycles. The minimum Gasteiger partial charge on any atom is -0.488 e. The highest BCUT2D eigenvalue weighted by Crippen LogP contribution is 2.41. The molecule has 0 spiro atoms. The van der Waals surface area contributed by atoms with E-state index in [2.05, 4.69) is 0 Å². The topological polar surface area (TPSA) is 35.2 Å². The van der Waals surface area contributed by atoms with Crippen LogP contribution in [-0.2, 0) is 6.42 Å². The van der Waals surface area contributed by atoms with Gasteiger partial charge in [0.1, 0.15) is 17.7 Å². The third kappa shape index (κ3) is 2.20. The van der Waals surface area contributed by atoms with Gasteiger partial charge in [0, 0.05) is 34.7 Å². The number of nitrogens with two attached hydrogens (primary N) is 1. The Morgan fingerprint density at radius 3 is 2.79 bits per heavy atom. The summed E-state index contributed by atoms with van der Waals surface area (Å²) in [4.78, 5) is 0. The van der Waals surface area contributed by atoms with E-state index in [1.54, 1.807) is 6.07 Å². The van der Waals surface area contributed by atoms with Crippen molar-refractivity contribution in [3.8, 4) is 16.9 Å². The molecule has 2 aromatic carbocycles. The fourth-order valence-corrected chi connectivity index (χ4v) is 2.64. The molecule has 0 aliphatic carbocycles. The van der Waals surface area contributed by atoms with Gasteiger partial charge in [-0.15, -0.1) is 0 Å². The average molecular weight is 278 g/mol. The van der Waals surface area contributed by atoms with Gasteiger partial charge in [0.25, 0.3) is 0 Å². The molecule has 4 heteroatoms. The van der Waals surface area contributed by atoms with Crippen molar-refractivity contribution in [1.82, 2.24) is 0 Å². The highest BCUT2D eigenvalue weighted by Gasteiger charge is 2.26. The first-order valence-electron chi connectivity index (χ1n) is 6.13. The van der Waals surface area contributed by atoms with Crippen LogP contribution in [0.1, 0.15) is 5.56 Å². The smallest absolute Gasteiger partial charge is 0.131 e. The van der Waals surface area contributed by atoms with Gasteiger partial charge in [-0.05, 0) is 18.2 Å². The molecule has 0 fully saturated rings. The SMILES string of the molecule is NC[C@H]1Cc2cc(F)cc(-c3ccccc3Cl)c2O1. The van der Waals surface area contributed by atoms with Gasteiger partial charge >= 0.3 is 0 Å². The number of hydrogen-bond donors (Lipinski definition) is 1.